The van der Waals surface area contributed by atoms with Gasteiger partial charge in [0.05, 0.1) is 10.7 Å². The van der Waals surface area contributed by atoms with E-state index in [4.69, 9.17) is 23.2 Å². The Morgan fingerprint density at radius 2 is 1.68 bits per heavy atom. The first-order chi connectivity index (χ1) is 12.1. The van der Waals surface area contributed by atoms with Crippen LogP contribution in [-0.2, 0) is 6.54 Å². The zero-order valence-corrected chi connectivity index (χ0v) is 14.6. The summed E-state index contributed by atoms with van der Waals surface area (Å²) in [5.41, 5.74) is 1.80. The van der Waals surface area contributed by atoms with Crippen molar-refractivity contribution >= 4 is 40.6 Å². The first kappa shape index (κ1) is 17.2. The molecule has 0 unspecified atom stereocenters. The quantitative estimate of drug-likeness (QED) is 0.683. The predicted molar refractivity (Wildman–Crippen MR) is 100 cm³/mol. The summed E-state index contributed by atoms with van der Waals surface area (Å²) in [5, 5.41) is 15.0. The fourth-order valence-electron chi connectivity index (χ4n) is 2.09. The number of benzene rings is 2. The maximum Gasteiger partial charge on any atom is 0.276 e. The van der Waals surface area contributed by atoms with E-state index in [9.17, 15) is 4.79 Å². The zero-order chi connectivity index (χ0) is 17.6. The Labute approximate surface area is 155 Å². The number of amides is 1. The van der Waals surface area contributed by atoms with E-state index in [1.807, 2.05) is 24.3 Å². The monoisotopic (exact) mass is 372 g/mol. The lowest BCUT2D eigenvalue weighted by Crippen LogP contribution is -2.15. The van der Waals surface area contributed by atoms with Gasteiger partial charge in [0.2, 0.25) is 0 Å². The minimum atomic E-state index is -0.371. The van der Waals surface area contributed by atoms with E-state index in [-0.39, 0.29) is 11.6 Å². The second kappa shape index (κ2) is 7.96. The van der Waals surface area contributed by atoms with Crippen molar-refractivity contribution in [2.45, 2.75) is 6.54 Å². The summed E-state index contributed by atoms with van der Waals surface area (Å²) >= 11 is 11.9. The lowest BCUT2D eigenvalue weighted by atomic mass is 10.2. The number of nitrogens with one attached hydrogen (secondary N) is 2. The molecule has 1 heterocycles. The molecule has 0 saturated heterocycles. The van der Waals surface area contributed by atoms with Crippen molar-refractivity contribution in [2.24, 2.45) is 0 Å². The fraction of sp³-hybridized carbons (Fsp3) is 0.0556. The molecular formula is C18H14Cl2N4O. The van der Waals surface area contributed by atoms with Crippen molar-refractivity contribution < 1.29 is 4.79 Å². The standard InChI is InChI=1S/C18H14Cl2N4O/c19-13-7-5-12(6-8-13)11-21-17-10-9-16(23-24-17)18(25)22-15-4-2-1-3-14(15)20/h1-10H,11H2,(H,21,24)(H,22,25). The number of aromatic nitrogens is 2. The molecule has 1 amide bonds. The summed E-state index contributed by atoms with van der Waals surface area (Å²) in [7, 11) is 0. The summed E-state index contributed by atoms with van der Waals surface area (Å²) in [6.07, 6.45) is 0. The minimum Gasteiger partial charge on any atom is -0.365 e. The molecule has 2 aromatic carbocycles. The number of para-hydroxylation sites is 1. The third-order valence-electron chi connectivity index (χ3n) is 3.41. The lowest BCUT2D eigenvalue weighted by molar-refractivity contribution is 0.102. The Kier molecular flexibility index (Phi) is 5.48. The van der Waals surface area contributed by atoms with Gasteiger partial charge in [0.25, 0.3) is 5.91 Å². The molecule has 1 aromatic heterocycles. The van der Waals surface area contributed by atoms with E-state index in [1.165, 1.54) is 0 Å². The summed E-state index contributed by atoms with van der Waals surface area (Å²) in [5.74, 6) is 0.203. The highest BCUT2D eigenvalue weighted by Gasteiger charge is 2.10. The van der Waals surface area contributed by atoms with Crippen molar-refractivity contribution in [3.63, 3.8) is 0 Å². The highest BCUT2D eigenvalue weighted by molar-refractivity contribution is 6.33. The normalized spacial score (nSPS) is 10.3. The molecule has 3 rings (SSSR count). The van der Waals surface area contributed by atoms with Gasteiger partial charge in [-0.2, -0.15) is 0 Å². The van der Waals surface area contributed by atoms with E-state index < -0.39 is 0 Å². The Morgan fingerprint density at radius 3 is 2.36 bits per heavy atom. The van der Waals surface area contributed by atoms with E-state index in [2.05, 4.69) is 20.8 Å². The van der Waals surface area contributed by atoms with Crippen LogP contribution in [0.25, 0.3) is 0 Å². The van der Waals surface area contributed by atoms with Crippen molar-refractivity contribution in [1.82, 2.24) is 10.2 Å². The molecule has 0 aliphatic carbocycles. The maximum absolute atomic E-state index is 12.2. The fourth-order valence-corrected chi connectivity index (χ4v) is 2.40. The van der Waals surface area contributed by atoms with Gasteiger partial charge in [-0.05, 0) is 42.0 Å². The molecule has 7 heteroatoms. The van der Waals surface area contributed by atoms with Crippen molar-refractivity contribution in [1.29, 1.82) is 0 Å². The van der Waals surface area contributed by atoms with Crippen LogP contribution >= 0.6 is 23.2 Å². The number of halogens is 2. The summed E-state index contributed by atoms with van der Waals surface area (Å²) in [6.45, 7) is 0.580. The second-order valence-corrected chi connectivity index (χ2v) is 6.06. The Morgan fingerprint density at radius 1 is 0.920 bits per heavy atom. The van der Waals surface area contributed by atoms with Gasteiger partial charge in [-0.25, -0.2) is 0 Å². The summed E-state index contributed by atoms with van der Waals surface area (Å²) in [6, 6.07) is 17.8. The summed E-state index contributed by atoms with van der Waals surface area (Å²) in [4.78, 5) is 12.2. The van der Waals surface area contributed by atoms with Crippen LogP contribution in [0, 0.1) is 0 Å². The molecule has 0 radical (unpaired) electrons. The van der Waals surface area contributed by atoms with Gasteiger partial charge in [-0.3, -0.25) is 4.79 Å². The number of carbonyl (C=O) groups is 1. The number of rotatable bonds is 5. The number of nitrogens with zero attached hydrogens (tertiary/aromatic N) is 2. The molecule has 2 N–H and O–H groups in total. The first-order valence-electron chi connectivity index (χ1n) is 7.50. The molecule has 0 aliphatic heterocycles. The molecule has 5 nitrogen and oxygen atoms in total. The SMILES string of the molecule is O=C(Nc1ccccc1Cl)c1ccc(NCc2ccc(Cl)cc2)nn1. The summed E-state index contributed by atoms with van der Waals surface area (Å²) < 4.78 is 0. The topological polar surface area (TPSA) is 66.9 Å². The largest absolute Gasteiger partial charge is 0.365 e. The van der Waals surface area contributed by atoms with Crippen LogP contribution in [0.3, 0.4) is 0 Å². The third-order valence-corrected chi connectivity index (χ3v) is 3.99. The van der Waals surface area contributed by atoms with Gasteiger partial charge in [0.1, 0.15) is 5.82 Å². The van der Waals surface area contributed by atoms with E-state index in [0.717, 1.165) is 5.56 Å². The molecular weight excluding hydrogens is 359 g/mol. The van der Waals surface area contributed by atoms with Gasteiger partial charge < -0.3 is 10.6 Å². The van der Waals surface area contributed by atoms with Crippen molar-refractivity contribution in [3.8, 4) is 0 Å². The highest BCUT2D eigenvalue weighted by atomic mass is 35.5. The first-order valence-corrected chi connectivity index (χ1v) is 8.25. The number of hydrogen-bond donors (Lipinski definition) is 2. The van der Waals surface area contributed by atoms with Crippen LogP contribution in [0.4, 0.5) is 11.5 Å². The van der Waals surface area contributed by atoms with E-state index in [1.54, 1.807) is 36.4 Å². The molecule has 0 atom stereocenters. The lowest BCUT2D eigenvalue weighted by Gasteiger charge is -2.07. The van der Waals surface area contributed by atoms with Crippen molar-refractivity contribution in [3.05, 3.63) is 82.0 Å². The third kappa shape index (κ3) is 4.68. The van der Waals surface area contributed by atoms with Gasteiger partial charge in [0.15, 0.2) is 5.69 Å². The van der Waals surface area contributed by atoms with Gasteiger partial charge in [-0.1, -0.05) is 47.5 Å². The number of carbonyl (C=O) groups excluding carboxylic acids is 1. The van der Waals surface area contributed by atoms with Crippen LogP contribution < -0.4 is 10.6 Å². The van der Waals surface area contributed by atoms with Gasteiger partial charge in [-0.15, -0.1) is 10.2 Å². The zero-order valence-electron chi connectivity index (χ0n) is 13.0. The minimum absolute atomic E-state index is 0.206. The molecule has 126 valence electrons. The Hall–Kier alpha value is -2.63. The van der Waals surface area contributed by atoms with Crippen LogP contribution in [0.5, 0.6) is 0 Å². The molecule has 0 spiro atoms. The predicted octanol–water partition coefficient (Wildman–Crippen LogP) is 4.65. The molecule has 3 aromatic rings. The van der Waals surface area contributed by atoms with Crippen LogP contribution in [0.15, 0.2) is 60.7 Å². The Balaban J connectivity index is 1.60. The van der Waals surface area contributed by atoms with Crippen LogP contribution in [0.1, 0.15) is 16.1 Å². The van der Waals surface area contributed by atoms with Gasteiger partial charge in [0, 0.05) is 11.6 Å². The van der Waals surface area contributed by atoms with E-state index in [0.29, 0.717) is 28.1 Å². The molecule has 25 heavy (non-hydrogen) atoms. The number of hydrogen-bond acceptors (Lipinski definition) is 4. The van der Waals surface area contributed by atoms with Crippen molar-refractivity contribution in [2.75, 3.05) is 10.6 Å². The average molecular weight is 373 g/mol. The molecule has 0 saturated carbocycles. The molecule has 0 bridgehead atoms. The second-order valence-electron chi connectivity index (χ2n) is 5.22. The van der Waals surface area contributed by atoms with E-state index >= 15 is 0 Å². The average Bonchev–Trinajstić information content (AvgIpc) is 2.63. The maximum atomic E-state index is 12.2. The highest BCUT2D eigenvalue weighted by Crippen LogP contribution is 2.21. The van der Waals surface area contributed by atoms with Crippen LogP contribution in [-0.4, -0.2) is 16.1 Å². The smallest absolute Gasteiger partial charge is 0.276 e. The van der Waals surface area contributed by atoms with Crippen LogP contribution in [0.2, 0.25) is 10.0 Å². The van der Waals surface area contributed by atoms with Gasteiger partial charge >= 0.3 is 0 Å². The number of anilines is 2. The molecule has 0 aliphatic rings. The molecule has 0 fully saturated rings. The Bertz CT molecular complexity index is 867.